The van der Waals surface area contributed by atoms with Crippen LogP contribution in [0.2, 0.25) is 5.02 Å². The van der Waals surface area contributed by atoms with Crippen molar-refractivity contribution < 1.29 is 4.39 Å². The van der Waals surface area contributed by atoms with E-state index in [0.29, 0.717) is 16.7 Å². The lowest BCUT2D eigenvalue weighted by atomic mass is 10.2. The van der Waals surface area contributed by atoms with Gasteiger partial charge in [-0.05, 0) is 13.1 Å². The van der Waals surface area contributed by atoms with Crippen LogP contribution < -0.4 is 4.90 Å². The van der Waals surface area contributed by atoms with Crippen LogP contribution in [0, 0.1) is 5.82 Å². The number of aromatic nitrogens is 4. The van der Waals surface area contributed by atoms with Crippen molar-refractivity contribution in [2.24, 2.45) is 0 Å². The summed E-state index contributed by atoms with van der Waals surface area (Å²) in [4.78, 5) is 9.11. The van der Waals surface area contributed by atoms with Gasteiger partial charge in [-0.25, -0.2) is 9.37 Å². The van der Waals surface area contributed by atoms with Crippen molar-refractivity contribution in [3.05, 3.63) is 29.3 Å². The van der Waals surface area contributed by atoms with E-state index < -0.39 is 5.82 Å². The molecule has 2 aromatic heterocycles. The van der Waals surface area contributed by atoms with Crippen LogP contribution in [0.4, 0.5) is 10.2 Å². The molecule has 0 spiro atoms. The largest absolute Gasteiger partial charge is 0.351 e. The fourth-order valence-corrected chi connectivity index (χ4v) is 2.92. The van der Waals surface area contributed by atoms with Gasteiger partial charge in [0.15, 0.2) is 5.82 Å². The average Bonchev–Trinajstić information content (AvgIpc) is 2.99. The van der Waals surface area contributed by atoms with Gasteiger partial charge in [0.25, 0.3) is 0 Å². The summed E-state index contributed by atoms with van der Waals surface area (Å²) in [7, 11) is 2.10. The molecular formula is C14H14ClFN6. The summed E-state index contributed by atoms with van der Waals surface area (Å²) in [5, 5.41) is 8.18. The van der Waals surface area contributed by atoms with Crippen molar-refractivity contribution in [3.8, 4) is 0 Å². The van der Waals surface area contributed by atoms with Crippen LogP contribution in [0.5, 0.6) is 0 Å². The van der Waals surface area contributed by atoms with E-state index in [0.717, 1.165) is 32.0 Å². The first-order valence-corrected chi connectivity index (χ1v) is 7.43. The normalized spacial score (nSPS) is 16.8. The van der Waals surface area contributed by atoms with Crippen LogP contribution in [-0.4, -0.2) is 57.7 Å². The molecule has 0 unspecified atom stereocenters. The Morgan fingerprint density at radius 3 is 2.73 bits per heavy atom. The summed E-state index contributed by atoms with van der Waals surface area (Å²) in [5.41, 5.74) is 1.88. The summed E-state index contributed by atoms with van der Waals surface area (Å²) in [5.74, 6) is 0.291. The van der Waals surface area contributed by atoms with E-state index in [1.165, 1.54) is 6.07 Å². The Bertz CT molecular complexity index is 855. The fourth-order valence-electron chi connectivity index (χ4n) is 2.77. The van der Waals surface area contributed by atoms with Gasteiger partial charge in [0.2, 0.25) is 5.65 Å². The molecule has 22 heavy (non-hydrogen) atoms. The highest BCUT2D eigenvalue weighted by molar-refractivity contribution is 6.31. The Labute approximate surface area is 131 Å². The number of nitrogens with zero attached hydrogens (tertiary/aromatic N) is 6. The Morgan fingerprint density at radius 2 is 1.95 bits per heavy atom. The minimum Gasteiger partial charge on any atom is -0.351 e. The van der Waals surface area contributed by atoms with Gasteiger partial charge in [0.1, 0.15) is 12.1 Å². The molecular weight excluding hydrogens is 307 g/mol. The van der Waals surface area contributed by atoms with Crippen molar-refractivity contribution in [2.45, 2.75) is 0 Å². The number of fused-ring (bicyclic) bond motifs is 3. The van der Waals surface area contributed by atoms with Crippen LogP contribution in [0.1, 0.15) is 0 Å². The predicted octanol–water partition coefficient (Wildman–Crippen LogP) is 1.82. The minimum absolute atomic E-state index is 0.0664. The summed E-state index contributed by atoms with van der Waals surface area (Å²) in [6, 6.07) is 2.92. The standard InChI is InChI=1S/C14H14ClFN6/c1-20-2-4-21(5-3-20)13-14-19-17-8-22(14)12-7-10(16)9(15)6-11(12)18-13/h6-8H,2-5H2,1H3. The zero-order valence-corrected chi connectivity index (χ0v) is 12.8. The lowest BCUT2D eigenvalue weighted by Crippen LogP contribution is -2.45. The van der Waals surface area contributed by atoms with E-state index in [2.05, 4.69) is 32.0 Å². The number of rotatable bonds is 1. The van der Waals surface area contributed by atoms with Crippen LogP contribution in [0.15, 0.2) is 18.5 Å². The van der Waals surface area contributed by atoms with Crippen LogP contribution >= 0.6 is 11.6 Å². The molecule has 6 nitrogen and oxygen atoms in total. The molecule has 0 radical (unpaired) electrons. The van der Waals surface area contributed by atoms with Gasteiger partial charge in [-0.3, -0.25) is 4.40 Å². The fraction of sp³-hybridized carbons (Fsp3) is 0.357. The van der Waals surface area contributed by atoms with Crippen molar-refractivity contribution in [3.63, 3.8) is 0 Å². The Kier molecular flexibility index (Phi) is 3.12. The molecule has 8 heteroatoms. The maximum absolute atomic E-state index is 13.8. The van der Waals surface area contributed by atoms with E-state index in [1.54, 1.807) is 16.8 Å². The van der Waals surface area contributed by atoms with Gasteiger partial charge in [-0.15, -0.1) is 10.2 Å². The van der Waals surface area contributed by atoms with Crippen molar-refractivity contribution in [2.75, 3.05) is 38.1 Å². The first kappa shape index (κ1) is 13.7. The highest BCUT2D eigenvalue weighted by atomic mass is 35.5. The molecule has 4 rings (SSSR count). The minimum atomic E-state index is -0.474. The van der Waals surface area contributed by atoms with E-state index in [9.17, 15) is 4.39 Å². The molecule has 1 fully saturated rings. The maximum atomic E-state index is 13.8. The Balaban J connectivity index is 1.93. The van der Waals surface area contributed by atoms with Gasteiger partial charge >= 0.3 is 0 Å². The van der Waals surface area contributed by atoms with Crippen LogP contribution in [0.3, 0.4) is 0 Å². The molecule has 3 heterocycles. The lowest BCUT2D eigenvalue weighted by molar-refractivity contribution is 0.312. The third-order valence-electron chi connectivity index (χ3n) is 4.05. The second kappa shape index (κ2) is 5.03. The number of piperazine rings is 1. The van der Waals surface area contributed by atoms with Crippen molar-refractivity contribution in [1.82, 2.24) is 24.5 Å². The molecule has 1 aliphatic rings. The number of benzene rings is 1. The molecule has 3 aromatic rings. The highest BCUT2D eigenvalue weighted by Gasteiger charge is 2.21. The van der Waals surface area contributed by atoms with Crippen LogP contribution in [-0.2, 0) is 0 Å². The molecule has 1 aromatic carbocycles. The quantitative estimate of drug-likeness (QED) is 0.684. The van der Waals surface area contributed by atoms with E-state index in [-0.39, 0.29) is 5.02 Å². The Hall–Kier alpha value is -1.99. The maximum Gasteiger partial charge on any atom is 0.204 e. The zero-order chi connectivity index (χ0) is 15.3. The molecule has 0 saturated carbocycles. The molecule has 1 aliphatic heterocycles. The van der Waals surface area contributed by atoms with E-state index in [1.807, 2.05) is 0 Å². The third kappa shape index (κ3) is 2.08. The van der Waals surface area contributed by atoms with Gasteiger partial charge in [-0.1, -0.05) is 11.6 Å². The topological polar surface area (TPSA) is 49.6 Å². The average molecular weight is 321 g/mol. The number of likely N-dealkylation sites (N-methyl/N-ethyl adjacent to an activating group) is 1. The molecule has 0 amide bonds. The van der Waals surface area contributed by atoms with E-state index >= 15 is 0 Å². The number of halogens is 2. The second-order valence-electron chi connectivity index (χ2n) is 5.51. The smallest absolute Gasteiger partial charge is 0.204 e. The van der Waals surface area contributed by atoms with E-state index in [4.69, 9.17) is 11.6 Å². The highest BCUT2D eigenvalue weighted by Crippen LogP contribution is 2.27. The Morgan fingerprint density at radius 1 is 1.18 bits per heavy atom. The number of hydrogen-bond donors (Lipinski definition) is 0. The predicted molar refractivity (Wildman–Crippen MR) is 83.0 cm³/mol. The zero-order valence-electron chi connectivity index (χ0n) is 12.0. The van der Waals surface area contributed by atoms with Crippen molar-refractivity contribution >= 4 is 34.1 Å². The van der Waals surface area contributed by atoms with Gasteiger partial charge in [0, 0.05) is 32.2 Å². The van der Waals surface area contributed by atoms with Crippen LogP contribution in [0.25, 0.3) is 16.7 Å². The third-order valence-corrected chi connectivity index (χ3v) is 4.34. The number of anilines is 1. The van der Waals surface area contributed by atoms with Gasteiger partial charge in [-0.2, -0.15) is 0 Å². The number of hydrogen-bond acceptors (Lipinski definition) is 5. The van der Waals surface area contributed by atoms with Gasteiger partial charge < -0.3 is 9.80 Å². The summed E-state index contributed by atoms with van der Waals surface area (Å²) >= 11 is 5.89. The summed E-state index contributed by atoms with van der Waals surface area (Å²) in [6.45, 7) is 3.66. The van der Waals surface area contributed by atoms with Gasteiger partial charge in [0.05, 0.1) is 16.1 Å². The molecule has 0 N–H and O–H groups in total. The first-order chi connectivity index (χ1) is 10.6. The second-order valence-corrected chi connectivity index (χ2v) is 5.91. The molecule has 1 saturated heterocycles. The monoisotopic (exact) mass is 320 g/mol. The SMILES string of the molecule is CN1CCN(c2nc3cc(Cl)c(F)cc3n3cnnc23)CC1. The van der Waals surface area contributed by atoms with Crippen molar-refractivity contribution in [1.29, 1.82) is 0 Å². The first-order valence-electron chi connectivity index (χ1n) is 7.05. The molecule has 0 atom stereocenters. The summed E-state index contributed by atoms with van der Waals surface area (Å²) in [6.07, 6.45) is 1.58. The molecule has 0 bridgehead atoms. The lowest BCUT2D eigenvalue weighted by Gasteiger charge is -2.33. The summed E-state index contributed by atoms with van der Waals surface area (Å²) < 4.78 is 15.5. The molecule has 114 valence electrons. The molecule has 0 aliphatic carbocycles.